The number of aromatic nitrogens is 3. The molecule has 0 aliphatic carbocycles. The molecule has 1 fully saturated rings. The number of nitrogens with one attached hydrogen (secondary N) is 2. The normalized spacial score (nSPS) is 15.6. The summed E-state index contributed by atoms with van der Waals surface area (Å²) >= 11 is 0. The van der Waals surface area contributed by atoms with Gasteiger partial charge in [0.1, 0.15) is 12.7 Å². The molecule has 0 radical (unpaired) electrons. The minimum Gasteiger partial charge on any atom is -0.357 e. The number of aliphatic imine (C=N–C) groups is 1. The maximum absolute atomic E-state index is 4.76. The Morgan fingerprint density at radius 2 is 2.00 bits per heavy atom. The fraction of sp³-hybridized carbons (Fsp3) is 0.591. The molecule has 3 rings (SSSR count). The monoisotopic (exact) mass is 525 g/mol. The van der Waals surface area contributed by atoms with Crippen molar-refractivity contribution in [2.75, 3.05) is 32.7 Å². The molecule has 0 amide bonds. The lowest BCUT2D eigenvalue weighted by molar-refractivity contribution is 0.191. The number of rotatable bonds is 9. The van der Waals surface area contributed by atoms with Gasteiger partial charge >= 0.3 is 0 Å². The first-order chi connectivity index (χ1) is 14.2. The van der Waals surface area contributed by atoms with Gasteiger partial charge in [-0.05, 0) is 62.9 Å². The molecule has 0 bridgehead atoms. The van der Waals surface area contributed by atoms with Crippen molar-refractivity contribution >= 4 is 29.9 Å². The molecule has 1 aromatic carbocycles. The maximum Gasteiger partial charge on any atom is 0.191 e. The van der Waals surface area contributed by atoms with Crippen molar-refractivity contribution < 1.29 is 0 Å². The Kier molecular flexibility index (Phi) is 11.1. The van der Waals surface area contributed by atoms with Crippen LogP contribution in [0.2, 0.25) is 0 Å². The Morgan fingerprint density at radius 3 is 2.73 bits per heavy atom. The van der Waals surface area contributed by atoms with Crippen molar-refractivity contribution in [2.45, 2.75) is 46.2 Å². The van der Waals surface area contributed by atoms with E-state index >= 15 is 0 Å². The highest BCUT2D eigenvalue weighted by atomic mass is 127. The number of piperidine rings is 1. The van der Waals surface area contributed by atoms with E-state index in [0.717, 1.165) is 37.9 Å². The van der Waals surface area contributed by atoms with Gasteiger partial charge < -0.3 is 15.5 Å². The summed E-state index contributed by atoms with van der Waals surface area (Å²) in [7, 11) is 0. The molecule has 2 aromatic rings. The average molecular weight is 525 g/mol. The Bertz CT molecular complexity index is 740. The molecule has 1 aliphatic rings. The quantitative estimate of drug-likeness (QED) is 0.228. The number of benzene rings is 1. The third-order valence-corrected chi connectivity index (χ3v) is 5.39. The second kappa shape index (κ2) is 13.6. The van der Waals surface area contributed by atoms with Crippen LogP contribution in [0.3, 0.4) is 0 Å². The molecule has 0 atom stereocenters. The molecule has 1 aromatic heterocycles. The minimum atomic E-state index is 0. The molecule has 8 heteroatoms. The summed E-state index contributed by atoms with van der Waals surface area (Å²) in [5.41, 5.74) is 2.40. The van der Waals surface area contributed by atoms with Crippen molar-refractivity contribution in [2.24, 2.45) is 10.9 Å². The van der Waals surface area contributed by atoms with Gasteiger partial charge in [-0.3, -0.25) is 0 Å². The maximum atomic E-state index is 4.76. The van der Waals surface area contributed by atoms with Crippen LogP contribution in [-0.4, -0.2) is 58.3 Å². The smallest absolute Gasteiger partial charge is 0.191 e. The molecule has 0 saturated carbocycles. The first-order valence-electron chi connectivity index (χ1n) is 10.9. The summed E-state index contributed by atoms with van der Waals surface area (Å²) in [6.07, 6.45) is 7.13. The lowest BCUT2D eigenvalue weighted by Gasteiger charge is -2.30. The summed E-state index contributed by atoms with van der Waals surface area (Å²) in [5, 5.41) is 11.0. The van der Waals surface area contributed by atoms with Crippen LogP contribution in [0.4, 0.5) is 0 Å². The number of hydrogen-bond acceptors (Lipinski definition) is 4. The number of halogens is 1. The molecule has 30 heavy (non-hydrogen) atoms. The van der Waals surface area contributed by atoms with Gasteiger partial charge in [0, 0.05) is 13.1 Å². The van der Waals surface area contributed by atoms with Gasteiger partial charge in [-0.15, -0.1) is 24.0 Å². The number of nitrogens with zero attached hydrogens (tertiary/aromatic N) is 5. The first kappa shape index (κ1) is 24.6. The third-order valence-electron chi connectivity index (χ3n) is 5.39. The fourth-order valence-electron chi connectivity index (χ4n) is 3.64. The number of guanidine groups is 1. The predicted molar refractivity (Wildman–Crippen MR) is 133 cm³/mol. The van der Waals surface area contributed by atoms with Crippen molar-refractivity contribution in [3.05, 3.63) is 48.0 Å². The van der Waals surface area contributed by atoms with Crippen molar-refractivity contribution in [1.29, 1.82) is 0 Å². The van der Waals surface area contributed by atoms with Gasteiger partial charge in [0.05, 0.1) is 13.1 Å². The van der Waals surface area contributed by atoms with E-state index in [1.807, 2.05) is 4.68 Å². The standard InChI is InChI=1S/C22H35N7.HI/c1-3-24-22(25-10-5-11-28-12-8-19(2)9-13-28)26-15-20-6-4-7-21(14-20)16-29-18-23-17-27-29;/h4,6-7,14,17-19H,3,5,8-13,15-16H2,1-2H3,(H2,24,25,26);1H. The van der Waals surface area contributed by atoms with E-state index in [2.05, 4.69) is 63.7 Å². The molecular formula is C22H36IN7. The zero-order chi connectivity index (χ0) is 20.3. The second-order valence-corrected chi connectivity index (χ2v) is 7.91. The van der Waals surface area contributed by atoms with Crippen molar-refractivity contribution in [1.82, 2.24) is 30.3 Å². The van der Waals surface area contributed by atoms with Crippen molar-refractivity contribution in [3.8, 4) is 0 Å². The molecule has 166 valence electrons. The molecule has 7 nitrogen and oxygen atoms in total. The predicted octanol–water partition coefficient (Wildman–Crippen LogP) is 3.12. The van der Waals surface area contributed by atoms with E-state index in [0.29, 0.717) is 6.54 Å². The van der Waals surface area contributed by atoms with E-state index in [4.69, 9.17) is 4.99 Å². The Labute approximate surface area is 197 Å². The molecule has 2 N–H and O–H groups in total. The van der Waals surface area contributed by atoms with E-state index < -0.39 is 0 Å². The Hall–Kier alpha value is -1.68. The van der Waals surface area contributed by atoms with Crippen molar-refractivity contribution in [3.63, 3.8) is 0 Å². The summed E-state index contributed by atoms with van der Waals surface area (Å²) in [6, 6.07) is 8.50. The highest BCUT2D eigenvalue weighted by molar-refractivity contribution is 14.0. The van der Waals surface area contributed by atoms with E-state index in [-0.39, 0.29) is 24.0 Å². The SMILES string of the molecule is CCNC(=NCc1cccc(Cn2cncn2)c1)NCCCN1CCC(C)CC1.I. The summed E-state index contributed by atoms with van der Waals surface area (Å²) < 4.78 is 1.83. The Morgan fingerprint density at radius 1 is 1.20 bits per heavy atom. The van der Waals surface area contributed by atoms with Crippen LogP contribution in [0, 0.1) is 5.92 Å². The van der Waals surface area contributed by atoms with E-state index in [9.17, 15) is 0 Å². The van der Waals surface area contributed by atoms with E-state index in [1.54, 1.807) is 12.7 Å². The number of likely N-dealkylation sites (tertiary alicyclic amines) is 1. The Balaban J connectivity index is 0.00000320. The summed E-state index contributed by atoms with van der Waals surface area (Å²) in [5.74, 6) is 1.79. The topological polar surface area (TPSA) is 70.4 Å². The minimum absolute atomic E-state index is 0. The third kappa shape index (κ3) is 8.59. The average Bonchev–Trinajstić information content (AvgIpc) is 3.24. The van der Waals surface area contributed by atoms with Crippen LogP contribution in [0.25, 0.3) is 0 Å². The highest BCUT2D eigenvalue weighted by Gasteiger charge is 2.14. The zero-order valence-corrected chi connectivity index (χ0v) is 20.6. The van der Waals surface area contributed by atoms with Crippen LogP contribution in [-0.2, 0) is 13.1 Å². The lowest BCUT2D eigenvalue weighted by Crippen LogP contribution is -2.39. The van der Waals surface area contributed by atoms with Gasteiger partial charge in [-0.2, -0.15) is 5.10 Å². The molecular weight excluding hydrogens is 489 g/mol. The van der Waals surface area contributed by atoms with Gasteiger partial charge in [-0.25, -0.2) is 14.7 Å². The number of hydrogen-bond donors (Lipinski definition) is 2. The lowest BCUT2D eigenvalue weighted by atomic mass is 9.99. The molecule has 2 heterocycles. The van der Waals surface area contributed by atoms with Crippen LogP contribution in [0.1, 0.15) is 44.2 Å². The van der Waals surface area contributed by atoms with Gasteiger partial charge in [-0.1, -0.05) is 31.2 Å². The summed E-state index contributed by atoms with van der Waals surface area (Å²) in [6.45, 7) is 11.3. The van der Waals surface area contributed by atoms with Gasteiger partial charge in [0.15, 0.2) is 5.96 Å². The zero-order valence-electron chi connectivity index (χ0n) is 18.3. The second-order valence-electron chi connectivity index (χ2n) is 7.91. The molecule has 1 saturated heterocycles. The van der Waals surface area contributed by atoms with Crippen LogP contribution in [0.15, 0.2) is 41.9 Å². The fourth-order valence-corrected chi connectivity index (χ4v) is 3.64. The van der Waals surface area contributed by atoms with Crippen LogP contribution in [0.5, 0.6) is 0 Å². The largest absolute Gasteiger partial charge is 0.357 e. The highest BCUT2D eigenvalue weighted by Crippen LogP contribution is 2.15. The van der Waals surface area contributed by atoms with Crippen LogP contribution >= 0.6 is 24.0 Å². The molecule has 0 spiro atoms. The first-order valence-corrected chi connectivity index (χ1v) is 10.9. The van der Waals surface area contributed by atoms with Gasteiger partial charge in [0.2, 0.25) is 0 Å². The molecule has 1 aliphatic heterocycles. The van der Waals surface area contributed by atoms with Crippen LogP contribution < -0.4 is 10.6 Å². The van der Waals surface area contributed by atoms with E-state index in [1.165, 1.54) is 43.6 Å². The molecule has 0 unspecified atom stereocenters. The summed E-state index contributed by atoms with van der Waals surface area (Å²) in [4.78, 5) is 11.4. The van der Waals surface area contributed by atoms with Gasteiger partial charge in [0.25, 0.3) is 0 Å².